The Morgan fingerprint density at radius 2 is 2.13 bits per heavy atom. The zero-order valence-electron chi connectivity index (χ0n) is 9.76. The molecule has 2 nitrogen and oxygen atoms in total. The number of hydrogen-bond donors (Lipinski definition) is 0. The first-order valence-corrected chi connectivity index (χ1v) is 6.28. The number of Topliss-reactive ketones (excluding diaryl/α,β-unsaturated/α-hetero) is 2. The van der Waals surface area contributed by atoms with Crippen LogP contribution >= 0.6 is 0 Å². The Balaban J connectivity index is 2.08. The van der Waals surface area contributed by atoms with Gasteiger partial charge in [0.25, 0.3) is 0 Å². The Kier molecular flexibility index (Phi) is 5.59. The van der Waals surface area contributed by atoms with Gasteiger partial charge in [-0.25, -0.2) is 0 Å². The second-order valence-corrected chi connectivity index (χ2v) is 4.59. The Morgan fingerprint density at radius 1 is 1.33 bits per heavy atom. The normalized spacial score (nSPS) is 20.9. The first-order valence-electron chi connectivity index (χ1n) is 6.28. The molecule has 0 aromatic rings. The van der Waals surface area contributed by atoms with E-state index in [2.05, 4.69) is 6.92 Å². The molecule has 0 N–H and O–H groups in total. The highest BCUT2D eigenvalue weighted by Gasteiger charge is 2.24. The van der Waals surface area contributed by atoms with Gasteiger partial charge >= 0.3 is 0 Å². The molecule has 1 saturated carbocycles. The highest BCUT2D eigenvalue weighted by molar-refractivity contribution is 5.84. The minimum absolute atomic E-state index is 0.208. The van der Waals surface area contributed by atoms with Crippen LogP contribution < -0.4 is 0 Å². The van der Waals surface area contributed by atoms with Crippen molar-refractivity contribution in [2.24, 2.45) is 5.92 Å². The first kappa shape index (κ1) is 12.4. The molecule has 0 saturated heterocycles. The van der Waals surface area contributed by atoms with E-state index in [0.717, 1.165) is 51.4 Å². The molecular weight excluding hydrogens is 188 g/mol. The number of ketones is 2. The van der Waals surface area contributed by atoms with E-state index in [9.17, 15) is 9.59 Å². The Labute approximate surface area is 92.4 Å². The fraction of sp³-hybridized carbons (Fsp3) is 0.846. The van der Waals surface area contributed by atoms with Crippen LogP contribution in [0.4, 0.5) is 0 Å². The third-order valence-corrected chi connectivity index (χ3v) is 3.26. The molecule has 0 radical (unpaired) electrons. The van der Waals surface area contributed by atoms with Gasteiger partial charge in [0.15, 0.2) is 0 Å². The van der Waals surface area contributed by atoms with Crippen LogP contribution in [0.3, 0.4) is 0 Å². The molecule has 0 aromatic carbocycles. The van der Waals surface area contributed by atoms with Crippen LogP contribution in [0.5, 0.6) is 0 Å². The number of carbonyl (C=O) groups excluding carboxylic acids is 2. The van der Waals surface area contributed by atoms with Crippen molar-refractivity contribution in [3.63, 3.8) is 0 Å². The average molecular weight is 210 g/mol. The van der Waals surface area contributed by atoms with Crippen molar-refractivity contribution < 1.29 is 9.59 Å². The molecule has 0 unspecified atom stereocenters. The first-order chi connectivity index (χ1) is 7.24. The van der Waals surface area contributed by atoms with Gasteiger partial charge in [0, 0.05) is 25.2 Å². The molecule has 1 fully saturated rings. The van der Waals surface area contributed by atoms with Crippen molar-refractivity contribution in [1.29, 1.82) is 0 Å². The maximum atomic E-state index is 11.5. The highest BCUT2D eigenvalue weighted by Crippen LogP contribution is 2.25. The zero-order chi connectivity index (χ0) is 11.1. The molecule has 1 aliphatic rings. The molecule has 0 heterocycles. The summed E-state index contributed by atoms with van der Waals surface area (Å²) in [4.78, 5) is 22.8. The van der Waals surface area contributed by atoms with E-state index in [1.807, 2.05) is 0 Å². The van der Waals surface area contributed by atoms with E-state index < -0.39 is 0 Å². The predicted octanol–water partition coefficient (Wildman–Crippen LogP) is 3.29. The monoisotopic (exact) mass is 210 g/mol. The third-order valence-electron chi connectivity index (χ3n) is 3.26. The summed E-state index contributed by atoms with van der Waals surface area (Å²) in [6, 6.07) is 0. The van der Waals surface area contributed by atoms with Crippen LogP contribution in [-0.2, 0) is 9.59 Å². The lowest BCUT2D eigenvalue weighted by Gasteiger charge is -2.06. The Hall–Kier alpha value is -0.660. The standard InChI is InChI=1S/C13H22O2/c1-2-3-4-7-12(14)10-9-11-6-5-8-13(11)15/h11H,2-10H2,1H3/t11-/m0/s1. The van der Waals surface area contributed by atoms with Gasteiger partial charge in [-0.1, -0.05) is 19.8 Å². The minimum atomic E-state index is 0.208. The lowest BCUT2D eigenvalue weighted by atomic mass is 9.97. The minimum Gasteiger partial charge on any atom is -0.300 e. The summed E-state index contributed by atoms with van der Waals surface area (Å²) in [5.41, 5.74) is 0. The Morgan fingerprint density at radius 3 is 2.73 bits per heavy atom. The van der Waals surface area contributed by atoms with Crippen LogP contribution in [0.2, 0.25) is 0 Å². The topological polar surface area (TPSA) is 34.1 Å². The molecular formula is C13H22O2. The van der Waals surface area contributed by atoms with E-state index in [1.165, 1.54) is 0 Å². The quantitative estimate of drug-likeness (QED) is 0.604. The molecule has 0 amide bonds. The molecule has 0 spiro atoms. The average Bonchev–Trinajstić information content (AvgIpc) is 2.61. The summed E-state index contributed by atoms with van der Waals surface area (Å²) < 4.78 is 0. The van der Waals surface area contributed by atoms with Crippen LogP contribution in [-0.4, -0.2) is 11.6 Å². The number of unbranched alkanes of at least 4 members (excludes halogenated alkanes) is 2. The van der Waals surface area contributed by atoms with E-state index in [4.69, 9.17) is 0 Å². The number of carbonyl (C=O) groups is 2. The van der Waals surface area contributed by atoms with Gasteiger partial charge in [-0.05, 0) is 25.7 Å². The fourth-order valence-corrected chi connectivity index (χ4v) is 2.23. The lowest BCUT2D eigenvalue weighted by Crippen LogP contribution is -2.09. The molecule has 0 aliphatic heterocycles. The van der Waals surface area contributed by atoms with Crippen LogP contribution in [0.15, 0.2) is 0 Å². The Bertz CT molecular complexity index is 221. The van der Waals surface area contributed by atoms with E-state index in [-0.39, 0.29) is 5.92 Å². The van der Waals surface area contributed by atoms with Crippen molar-refractivity contribution in [1.82, 2.24) is 0 Å². The molecule has 2 heteroatoms. The van der Waals surface area contributed by atoms with Gasteiger partial charge in [0.2, 0.25) is 0 Å². The third kappa shape index (κ3) is 4.59. The van der Waals surface area contributed by atoms with E-state index in [0.29, 0.717) is 18.0 Å². The van der Waals surface area contributed by atoms with Crippen LogP contribution in [0.1, 0.15) is 64.7 Å². The van der Waals surface area contributed by atoms with Crippen molar-refractivity contribution in [3.8, 4) is 0 Å². The van der Waals surface area contributed by atoms with Crippen molar-refractivity contribution >= 4 is 11.6 Å². The molecule has 1 aliphatic carbocycles. The molecule has 1 atom stereocenters. The highest BCUT2D eigenvalue weighted by atomic mass is 16.1. The van der Waals surface area contributed by atoms with Gasteiger partial charge in [-0.15, -0.1) is 0 Å². The van der Waals surface area contributed by atoms with Gasteiger partial charge in [0.05, 0.1) is 0 Å². The van der Waals surface area contributed by atoms with Gasteiger partial charge in [-0.3, -0.25) is 9.59 Å². The summed E-state index contributed by atoms with van der Waals surface area (Å²) in [7, 11) is 0. The van der Waals surface area contributed by atoms with Gasteiger partial charge in [0.1, 0.15) is 11.6 Å². The number of rotatable bonds is 7. The summed E-state index contributed by atoms with van der Waals surface area (Å²) in [5, 5.41) is 0. The van der Waals surface area contributed by atoms with Crippen LogP contribution in [0.25, 0.3) is 0 Å². The second-order valence-electron chi connectivity index (χ2n) is 4.59. The maximum absolute atomic E-state index is 11.5. The smallest absolute Gasteiger partial charge is 0.135 e. The van der Waals surface area contributed by atoms with Gasteiger partial charge < -0.3 is 0 Å². The largest absolute Gasteiger partial charge is 0.300 e. The summed E-state index contributed by atoms with van der Waals surface area (Å²) >= 11 is 0. The van der Waals surface area contributed by atoms with E-state index in [1.54, 1.807) is 0 Å². The molecule has 0 bridgehead atoms. The second kappa shape index (κ2) is 6.76. The van der Waals surface area contributed by atoms with Gasteiger partial charge in [-0.2, -0.15) is 0 Å². The molecule has 0 aromatic heterocycles. The van der Waals surface area contributed by atoms with E-state index >= 15 is 0 Å². The molecule has 1 rings (SSSR count). The summed E-state index contributed by atoms with van der Waals surface area (Å²) in [6.07, 6.45) is 8.28. The van der Waals surface area contributed by atoms with Crippen molar-refractivity contribution in [3.05, 3.63) is 0 Å². The SMILES string of the molecule is CCCCCC(=O)CC[C@@H]1CCCC1=O. The summed E-state index contributed by atoms with van der Waals surface area (Å²) in [6.45, 7) is 2.14. The van der Waals surface area contributed by atoms with Crippen molar-refractivity contribution in [2.45, 2.75) is 64.7 Å². The van der Waals surface area contributed by atoms with Crippen molar-refractivity contribution in [2.75, 3.05) is 0 Å². The van der Waals surface area contributed by atoms with Crippen LogP contribution in [0, 0.1) is 5.92 Å². The molecule has 86 valence electrons. The number of hydrogen-bond acceptors (Lipinski definition) is 2. The lowest BCUT2D eigenvalue weighted by molar-refractivity contribution is -0.121. The summed E-state index contributed by atoms with van der Waals surface area (Å²) in [5.74, 6) is 0.944. The zero-order valence-corrected chi connectivity index (χ0v) is 9.76. The predicted molar refractivity (Wildman–Crippen MR) is 60.7 cm³/mol. The fourth-order valence-electron chi connectivity index (χ4n) is 2.23. The maximum Gasteiger partial charge on any atom is 0.135 e. The molecule has 15 heavy (non-hydrogen) atoms.